The minimum Gasteiger partial charge on any atom is -0.462 e. The maximum absolute atomic E-state index is 12.8. The fourth-order valence-corrected chi connectivity index (χ4v) is 7.63. The Morgan fingerprint density at radius 2 is 0.922 bits per heavy atom. The van der Waals surface area contributed by atoms with Crippen LogP contribution in [0.2, 0.25) is 0 Å². The molecule has 64 heavy (non-hydrogen) atoms. The number of carbonyl (C=O) groups excluding carboxylic acids is 2. The number of unbranched alkanes of at least 4 members (excludes halogenated alkanes) is 12. The number of hydrogen-bond donors (Lipinski definition) is 6. The van der Waals surface area contributed by atoms with Crippen molar-refractivity contribution in [2.45, 2.75) is 204 Å². The number of carbonyl (C=O) groups is 2. The molecule has 6 unspecified atom stereocenters. The number of ether oxygens (including phenoxy) is 2. The zero-order chi connectivity index (χ0) is 47.1. The molecule has 1 aliphatic rings. The Morgan fingerprint density at radius 1 is 0.500 bits per heavy atom. The predicted molar refractivity (Wildman–Crippen MR) is 253 cm³/mol. The standard InChI is InChI=1S/C50H83O13P/c1-3-5-7-9-11-13-15-17-19-21-22-23-25-27-29-31-33-35-37-39-44(52)62-42(41-61-64(58,59)63-50-48(56)46(54)45(53)47(55)49(50)57)40-60-43(51)38-36-34-32-30-28-26-24-20-18-16-14-12-10-8-6-4-2/h5,7,11,13,17,19-20,22-24,27,29,33,35,42,45-50,53-57H,3-4,6,8-10,12,14-16,18,21,25-26,28,30-32,34,36-41H2,1-2H3,(H,58,59)/b7-5-,13-11-,19-17-,23-22-,24-20-,29-27-,35-33-/t42-,45?,46-,47?,48?,49?,50?/m1/s1. The molecule has 366 valence electrons. The lowest BCUT2D eigenvalue weighted by molar-refractivity contribution is -0.220. The van der Waals surface area contributed by atoms with Gasteiger partial charge in [0.25, 0.3) is 0 Å². The molecule has 0 bridgehead atoms. The fraction of sp³-hybridized carbons (Fsp3) is 0.680. The van der Waals surface area contributed by atoms with E-state index < -0.39 is 75.7 Å². The summed E-state index contributed by atoms with van der Waals surface area (Å²) in [5.41, 5.74) is 0. The Labute approximate surface area is 384 Å². The van der Waals surface area contributed by atoms with Crippen molar-refractivity contribution in [3.8, 4) is 0 Å². The third-order valence-corrected chi connectivity index (χ3v) is 11.5. The molecule has 0 amide bonds. The average molecular weight is 923 g/mol. The summed E-state index contributed by atoms with van der Waals surface area (Å²) in [7, 11) is -5.15. The molecule has 0 aromatic carbocycles. The molecule has 0 radical (unpaired) electrons. The summed E-state index contributed by atoms with van der Waals surface area (Å²) in [6.07, 6.45) is 37.9. The molecule has 0 aromatic heterocycles. The first kappa shape index (κ1) is 59.0. The molecular formula is C50H83O13P. The third kappa shape index (κ3) is 31.0. The topological polar surface area (TPSA) is 210 Å². The van der Waals surface area contributed by atoms with E-state index in [0.29, 0.717) is 19.3 Å². The Morgan fingerprint density at radius 3 is 1.42 bits per heavy atom. The normalized spacial score (nSPS) is 22.3. The molecule has 1 fully saturated rings. The van der Waals surface area contributed by atoms with Crippen LogP contribution in [0.15, 0.2) is 85.1 Å². The summed E-state index contributed by atoms with van der Waals surface area (Å²) < 4.78 is 33.5. The first-order valence-electron chi connectivity index (χ1n) is 23.9. The summed E-state index contributed by atoms with van der Waals surface area (Å²) in [5.74, 6) is -1.21. The fourth-order valence-electron chi connectivity index (χ4n) is 6.66. The van der Waals surface area contributed by atoms with Gasteiger partial charge in [-0.1, -0.05) is 157 Å². The summed E-state index contributed by atoms with van der Waals surface area (Å²) in [5, 5.41) is 50.2. The van der Waals surface area contributed by atoms with Gasteiger partial charge < -0.3 is 39.9 Å². The molecule has 13 nitrogen and oxygen atoms in total. The summed E-state index contributed by atoms with van der Waals surface area (Å²) in [6.45, 7) is 3.11. The lowest BCUT2D eigenvalue weighted by Gasteiger charge is -2.41. The molecule has 1 aliphatic carbocycles. The highest BCUT2D eigenvalue weighted by Gasteiger charge is 2.51. The summed E-state index contributed by atoms with van der Waals surface area (Å²) in [6, 6.07) is 0. The Bertz CT molecular complexity index is 1440. The van der Waals surface area contributed by atoms with Crippen LogP contribution in [0, 0.1) is 0 Å². The second kappa shape index (κ2) is 39.2. The lowest BCUT2D eigenvalue weighted by Crippen LogP contribution is -2.64. The highest BCUT2D eigenvalue weighted by atomic mass is 31.2. The van der Waals surface area contributed by atoms with E-state index >= 15 is 0 Å². The predicted octanol–water partition coefficient (Wildman–Crippen LogP) is 9.67. The number of allylic oxidation sites excluding steroid dienone is 14. The van der Waals surface area contributed by atoms with E-state index in [1.165, 1.54) is 44.9 Å². The minimum absolute atomic E-state index is 0.0343. The van der Waals surface area contributed by atoms with Gasteiger partial charge in [0.2, 0.25) is 0 Å². The molecule has 1 rings (SSSR count). The molecule has 0 spiro atoms. The average Bonchev–Trinajstić information content (AvgIpc) is 3.28. The summed E-state index contributed by atoms with van der Waals surface area (Å²) in [4.78, 5) is 35.7. The van der Waals surface area contributed by atoms with Gasteiger partial charge in [-0.15, -0.1) is 0 Å². The van der Waals surface area contributed by atoms with E-state index in [-0.39, 0.29) is 12.8 Å². The van der Waals surface area contributed by atoms with Crippen molar-refractivity contribution in [1.29, 1.82) is 0 Å². The van der Waals surface area contributed by atoms with Crippen molar-refractivity contribution in [3.05, 3.63) is 85.1 Å². The SMILES string of the molecule is CC/C=C\C/C=C\C/C=C\C/C=C\C/C=C\C/C=C\CCC(=O)O[C@H](COC(=O)CCCCCCC/C=C\CCCCCCCCC)COP(=O)(O)OC1C(O)C(O)C(O)[C@@H](O)C1O. The van der Waals surface area contributed by atoms with Gasteiger partial charge in [0.05, 0.1) is 6.61 Å². The maximum atomic E-state index is 12.8. The monoisotopic (exact) mass is 923 g/mol. The van der Waals surface area contributed by atoms with Gasteiger partial charge in [-0.25, -0.2) is 4.57 Å². The molecule has 0 saturated heterocycles. The van der Waals surface area contributed by atoms with E-state index in [0.717, 1.165) is 70.6 Å². The van der Waals surface area contributed by atoms with Gasteiger partial charge >= 0.3 is 19.8 Å². The number of phosphoric ester groups is 1. The van der Waals surface area contributed by atoms with E-state index in [1.54, 1.807) is 0 Å². The number of aliphatic hydroxyl groups is 5. The number of aliphatic hydroxyl groups excluding tert-OH is 5. The number of rotatable bonds is 38. The van der Waals surface area contributed by atoms with E-state index in [1.807, 2.05) is 18.2 Å². The molecule has 14 heteroatoms. The zero-order valence-electron chi connectivity index (χ0n) is 38.8. The first-order valence-corrected chi connectivity index (χ1v) is 25.4. The van der Waals surface area contributed by atoms with Crippen molar-refractivity contribution in [3.63, 3.8) is 0 Å². The highest BCUT2D eigenvalue weighted by Crippen LogP contribution is 2.47. The van der Waals surface area contributed by atoms with Crippen LogP contribution in [0.5, 0.6) is 0 Å². The maximum Gasteiger partial charge on any atom is 0.472 e. The number of hydrogen-bond acceptors (Lipinski definition) is 12. The quantitative estimate of drug-likeness (QED) is 0.0148. The van der Waals surface area contributed by atoms with Gasteiger partial charge in [0, 0.05) is 12.8 Å². The van der Waals surface area contributed by atoms with Crippen LogP contribution < -0.4 is 0 Å². The first-order chi connectivity index (χ1) is 30.9. The second-order valence-corrected chi connectivity index (χ2v) is 17.6. The van der Waals surface area contributed by atoms with Gasteiger partial charge in [-0.3, -0.25) is 18.6 Å². The molecule has 1 saturated carbocycles. The molecule has 0 heterocycles. The van der Waals surface area contributed by atoms with Crippen LogP contribution in [-0.4, -0.2) is 98.3 Å². The van der Waals surface area contributed by atoms with Crippen molar-refractivity contribution < 1.29 is 63.1 Å². The largest absolute Gasteiger partial charge is 0.472 e. The van der Waals surface area contributed by atoms with Crippen molar-refractivity contribution in [2.75, 3.05) is 13.2 Å². The van der Waals surface area contributed by atoms with E-state index in [9.17, 15) is 44.6 Å². The minimum atomic E-state index is -5.15. The molecule has 8 atom stereocenters. The number of esters is 2. The molecule has 0 aliphatic heterocycles. The Hall–Kier alpha value is -2.97. The van der Waals surface area contributed by atoms with Crippen LogP contribution in [0.25, 0.3) is 0 Å². The Balaban J connectivity index is 2.52. The smallest absolute Gasteiger partial charge is 0.462 e. The molecular weight excluding hydrogens is 840 g/mol. The second-order valence-electron chi connectivity index (χ2n) is 16.2. The molecule has 0 aromatic rings. The third-order valence-electron chi connectivity index (χ3n) is 10.5. The van der Waals surface area contributed by atoms with E-state index in [2.05, 4.69) is 80.7 Å². The van der Waals surface area contributed by atoms with Gasteiger partial charge in [-0.05, 0) is 77.0 Å². The van der Waals surface area contributed by atoms with Crippen molar-refractivity contribution in [2.24, 2.45) is 0 Å². The van der Waals surface area contributed by atoms with E-state index in [4.69, 9.17) is 18.5 Å². The van der Waals surface area contributed by atoms with Crippen LogP contribution in [0.3, 0.4) is 0 Å². The van der Waals surface area contributed by atoms with Gasteiger partial charge in [0.15, 0.2) is 6.10 Å². The highest BCUT2D eigenvalue weighted by molar-refractivity contribution is 7.47. The van der Waals surface area contributed by atoms with Crippen LogP contribution >= 0.6 is 7.82 Å². The van der Waals surface area contributed by atoms with Crippen molar-refractivity contribution >= 4 is 19.8 Å². The zero-order valence-corrected chi connectivity index (χ0v) is 39.7. The lowest BCUT2D eigenvalue weighted by atomic mass is 9.85. The molecule has 6 N–H and O–H groups in total. The van der Waals surface area contributed by atoms with Crippen molar-refractivity contribution in [1.82, 2.24) is 0 Å². The van der Waals surface area contributed by atoms with Gasteiger partial charge in [-0.2, -0.15) is 0 Å². The summed E-state index contributed by atoms with van der Waals surface area (Å²) >= 11 is 0. The Kier molecular flexibility index (Phi) is 36.2. The van der Waals surface area contributed by atoms with Crippen LogP contribution in [-0.2, 0) is 32.7 Å². The van der Waals surface area contributed by atoms with Crippen LogP contribution in [0.1, 0.15) is 162 Å². The van der Waals surface area contributed by atoms with Gasteiger partial charge in [0.1, 0.15) is 43.2 Å². The van der Waals surface area contributed by atoms with Crippen LogP contribution in [0.4, 0.5) is 0 Å². The number of phosphoric acid groups is 1.